The summed E-state index contributed by atoms with van der Waals surface area (Å²) in [5, 5.41) is 14.6. The van der Waals surface area contributed by atoms with Crippen molar-refractivity contribution in [2.24, 2.45) is 0 Å². The number of aromatic nitrogens is 1. The molecule has 0 bridgehead atoms. The lowest BCUT2D eigenvalue weighted by Crippen LogP contribution is -2.05. The minimum atomic E-state index is -0.489. The van der Waals surface area contributed by atoms with E-state index in [1.165, 1.54) is 32.5 Å². The van der Waals surface area contributed by atoms with Crippen LogP contribution in [-0.2, 0) is 4.79 Å². The minimum Gasteiger partial charge on any atom is -0.493 e. The Morgan fingerprint density at radius 3 is 2.36 bits per heavy atom. The Balaban J connectivity index is 1.70. The highest BCUT2D eigenvalue weighted by Crippen LogP contribution is 2.40. The number of hydrogen-bond donors (Lipinski definition) is 0. The Morgan fingerprint density at radius 1 is 1.03 bits per heavy atom. The van der Waals surface area contributed by atoms with Gasteiger partial charge in [-0.2, -0.15) is 5.26 Å². The lowest BCUT2D eigenvalue weighted by atomic mass is 10.1. The van der Waals surface area contributed by atoms with E-state index in [9.17, 15) is 10.1 Å². The number of ether oxygens (including phenoxy) is 3. The molecule has 0 saturated carbocycles. The predicted octanol–water partition coefficient (Wildman–Crippen LogP) is 5.97. The first-order valence-corrected chi connectivity index (χ1v) is 10.9. The van der Waals surface area contributed by atoms with Crippen molar-refractivity contribution in [2.45, 2.75) is 6.92 Å². The number of esters is 1. The molecule has 0 aliphatic carbocycles. The molecule has 6 nitrogen and oxygen atoms in total. The number of fused-ring (bicyclic) bond motifs is 1. The van der Waals surface area contributed by atoms with E-state index in [1.54, 1.807) is 18.2 Å². The third-order valence-electron chi connectivity index (χ3n) is 4.94. The van der Waals surface area contributed by atoms with E-state index in [-0.39, 0.29) is 5.75 Å². The molecule has 0 amide bonds. The molecule has 0 aliphatic rings. The molecule has 7 heteroatoms. The van der Waals surface area contributed by atoms with E-state index in [4.69, 9.17) is 19.2 Å². The van der Waals surface area contributed by atoms with Crippen molar-refractivity contribution in [1.29, 1.82) is 5.26 Å². The summed E-state index contributed by atoms with van der Waals surface area (Å²) < 4.78 is 16.0. The van der Waals surface area contributed by atoms with Crippen molar-refractivity contribution in [2.75, 3.05) is 14.2 Å². The Hall–Kier alpha value is -4.15. The number of nitriles is 1. The van der Waals surface area contributed by atoms with Crippen molar-refractivity contribution in [3.8, 4) is 34.6 Å². The highest BCUT2D eigenvalue weighted by molar-refractivity contribution is 7.11. The lowest BCUT2D eigenvalue weighted by molar-refractivity contribution is -0.132. The number of benzene rings is 3. The van der Waals surface area contributed by atoms with Gasteiger partial charge in [-0.15, -0.1) is 11.3 Å². The molecule has 0 atom stereocenters. The number of nitrogens with zero attached hydrogens (tertiary/aromatic N) is 2. The fraction of sp³-hybridized carbons (Fsp3) is 0.115. The Labute approximate surface area is 195 Å². The van der Waals surface area contributed by atoms with Crippen LogP contribution in [-0.4, -0.2) is 25.2 Å². The second-order valence-electron chi connectivity index (χ2n) is 7.12. The second-order valence-corrected chi connectivity index (χ2v) is 7.98. The number of carbonyl (C=O) groups is 1. The molecule has 0 aliphatic heterocycles. The summed E-state index contributed by atoms with van der Waals surface area (Å²) in [6.07, 6.45) is 1.70. The fourth-order valence-corrected chi connectivity index (χ4v) is 4.21. The molecule has 0 N–H and O–H groups in total. The predicted molar refractivity (Wildman–Crippen MR) is 129 cm³/mol. The standard InChI is InChI=1S/C26H20N2O4S/c1-16(29)32-25-23(30-2)11-17(12-24(25)31-3)10-21(14-27)26-28-22(15-33-26)20-9-8-18-6-4-5-7-19(18)13-20/h4-13,15H,1-3H3. The van der Waals surface area contributed by atoms with Crippen LogP contribution in [0.4, 0.5) is 0 Å². The van der Waals surface area contributed by atoms with Gasteiger partial charge >= 0.3 is 5.97 Å². The quantitative estimate of drug-likeness (QED) is 0.202. The van der Waals surface area contributed by atoms with E-state index in [0.717, 1.165) is 22.0 Å². The number of thiazole rings is 1. The van der Waals surface area contributed by atoms with Crippen molar-refractivity contribution in [3.05, 3.63) is 70.5 Å². The summed E-state index contributed by atoms with van der Waals surface area (Å²) in [5.41, 5.74) is 2.85. The largest absolute Gasteiger partial charge is 0.493 e. The van der Waals surface area contributed by atoms with Gasteiger partial charge in [-0.05, 0) is 40.6 Å². The molecule has 4 aromatic rings. The Kier molecular flexibility index (Phi) is 6.38. The van der Waals surface area contributed by atoms with Gasteiger partial charge in [0, 0.05) is 17.9 Å². The molecule has 0 spiro atoms. The molecule has 1 aromatic heterocycles. The van der Waals surface area contributed by atoms with Crippen LogP contribution in [0.3, 0.4) is 0 Å². The number of methoxy groups -OCH3 is 2. The topological polar surface area (TPSA) is 81.4 Å². The maximum atomic E-state index is 11.4. The summed E-state index contributed by atoms with van der Waals surface area (Å²) in [6, 6.07) is 19.9. The van der Waals surface area contributed by atoms with Gasteiger partial charge in [0.25, 0.3) is 0 Å². The van der Waals surface area contributed by atoms with Gasteiger partial charge in [0.05, 0.1) is 25.5 Å². The smallest absolute Gasteiger partial charge is 0.308 e. The van der Waals surface area contributed by atoms with Crippen LogP contribution in [0.25, 0.3) is 33.7 Å². The van der Waals surface area contributed by atoms with Crippen LogP contribution >= 0.6 is 11.3 Å². The number of allylic oxidation sites excluding steroid dienone is 1. The van der Waals surface area contributed by atoms with E-state index in [0.29, 0.717) is 27.6 Å². The van der Waals surface area contributed by atoms with E-state index in [2.05, 4.69) is 30.3 Å². The van der Waals surface area contributed by atoms with Gasteiger partial charge in [0.1, 0.15) is 11.1 Å². The van der Waals surface area contributed by atoms with E-state index < -0.39 is 5.97 Å². The highest BCUT2D eigenvalue weighted by atomic mass is 32.1. The maximum Gasteiger partial charge on any atom is 0.308 e. The van der Waals surface area contributed by atoms with Gasteiger partial charge in [-0.1, -0.05) is 36.4 Å². The number of hydrogen-bond acceptors (Lipinski definition) is 7. The van der Waals surface area contributed by atoms with Gasteiger partial charge in [-0.3, -0.25) is 4.79 Å². The normalized spacial score (nSPS) is 11.2. The summed E-state index contributed by atoms with van der Waals surface area (Å²) in [7, 11) is 2.94. The summed E-state index contributed by atoms with van der Waals surface area (Å²) in [4.78, 5) is 16.1. The van der Waals surface area contributed by atoms with Crippen molar-refractivity contribution in [1.82, 2.24) is 4.98 Å². The lowest BCUT2D eigenvalue weighted by Gasteiger charge is -2.13. The zero-order chi connectivity index (χ0) is 23.4. The average molecular weight is 457 g/mol. The molecule has 0 unspecified atom stereocenters. The molecule has 33 heavy (non-hydrogen) atoms. The molecule has 1 heterocycles. The van der Waals surface area contributed by atoms with E-state index in [1.807, 2.05) is 23.6 Å². The summed E-state index contributed by atoms with van der Waals surface area (Å²) in [5.74, 6) is 0.348. The monoisotopic (exact) mass is 456 g/mol. The third kappa shape index (κ3) is 4.71. The van der Waals surface area contributed by atoms with Crippen LogP contribution in [0.15, 0.2) is 60.0 Å². The summed E-state index contributed by atoms with van der Waals surface area (Å²) >= 11 is 1.40. The molecule has 0 fully saturated rings. The third-order valence-corrected chi connectivity index (χ3v) is 5.82. The Bertz CT molecular complexity index is 1390. The molecular weight excluding hydrogens is 436 g/mol. The molecule has 0 saturated heterocycles. The zero-order valence-electron chi connectivity index (χ0n) is 18.3. The van der Waals surface area contributed by atoms with Crippen molar-refractivity contribution >= 4 is 39.7 Å². The van der Waals surface area contributed by atoms with Crippen LogP contribution in [0.2, 0.25) is 0 Å². The van der Waals surface area contributed by atoms with Crippen molar-refractivity contribution in [3.63, 3.8) is 0 Å². The minimum absolute atomic E-state index is 0.191. The van der Waals surface area contributed by atoms with Gasteiger partial charge < -0.3 is 14.2 Å². The first-order chi connectivity index (χ1) is 16.0. The fourth-order valence-electron chi connectivity index (χ4n) is 3.42. The number of rotatable bonds is 6. The maximum absolute atomic E-state index is 11.4. The number of carbonyl (C=O) groups excluding carboxylic acids is 1. The van der Waals surface area contributed by atoms with Gasteiger partial charge in [0.15, 0.2) is 11.5 Å². The van der Waals surface area contributed by atoms with Crippen LogP contribution < -0.4 is 14.2 Å². The van der Waals surface area contributed by atoms with Crippen LogP contribution in [0.1, 0.15) is 17.5 Å². The molecule has 164 valence electrons. The summed E-state index contributed by atoms with van der Waals surface area (Å²) in [6.45, 7) is 1.30. The molecular formula is C26H20N2O4S. The SMILES string of the molecule is COc1cc(C=C(C#N)c2nc(-c3ccc4ccccc4c3)cs2)cc(OC)c1OC(C)=O. The molecule has 3 aromatic carbocycles. The van der Waals surface area contributed by atoms with E-state index >= 15 is 0 Å². The van der Waals surface area contributed by atoms with Crippen LogP contribution in [0, 0.1) is 11.3 Å². The first kappa shape index (κ1) is 22.1. The molecule has 4 rings (SSSR count). The first-order valence-electron chi connectivity index (χ1n) is 10.0. The Morgan fingerprint density at radius 2 is 1.73 bits per heavy atom. The van der Waals surface area contributed by atoms with Crippen molar-refractivity contribution < 1.29 is 19.0 Å². The van der Waals surface area contributed by atoms with Gasteiger partial charge in [-0.25, -0.2) is 4.98 Å². The van der Waals surface area contributed by atoms with Gasteiger partial charge in [0.2, 0.25) is 5.75 Å². The zero-order valence-corrected chi connectivity index (χ0v) is 19.1. The van der Waals surface area contributed by atoms with Crippen LogP contribution in [0.5, 0.6) is 17.2 Å². The highest BCUT2D eigenvalue weighted by Gasteiger charge is 2.17. The molecule has 0 radical (unpaired) electrons. The second kappa shape index (κ2) is 9.55. The average Bonchev–Trinajstić information content (AvgIpc) is 3.32.